The van der Waals surface area contributed by atoms with E-state index in [1.54, 1.807) is 41.0 Å². The molecule has 172 valence electrons. The molecule has 4 rings (SSSR count). The fourth-order valence-corrected chi connectivity index (χ4v) is 2.68. The van der Waals surface area contributed by atoms with Crippen LogP contribution in [0.4, 0.5) is 46.3 Å². The summed E-state index contributed by atoms with van der Waals surface area (Å²) in [5.41, 5.74) is 8.54. The maximum Gasteiger partial charge on any atom is 0.490 e. The molecule has 5 N–H and O–H groups in total. The first kappa shape index (κ1) is 23.6. The molecule has 13 heteroatoms. The lowest BCUT2D eigenvalue weighted by Crippen LogP contribution is -2.21. The lowest BCUT2D eigenvalue weighted by Gasteiger charge is -2.12. The average molecular weight is 483 g/mol. The van der Waals surface area contributed by atoms with E-state index >= 15 is 0 Å². The molecule has 0 saturated carbocycles. The van der Waals surface area contributed by atoms with E-state index in [-0.39, 0.29) is 5.02 Å². The van der Waals surface area contributed by atoms with Crippen molar-refractivity contribution in [2.24, 2.45) is 0 Å². The van der Waals surface area contributed by atoms with Crippen LogP contribution < -0.4 is 16.4 Å². The number of aliphatic carboxylic acids is 1. The second-order valence-electron chi connectivity index (χ2n) is 6.43. The second kappa shape index (κ2) is 9.61. The number of alkyl halides is 3. The van der Waals surface area contributed by atoms with Gasteiger partial charge >= 0.3 is 12.1 Å². The monoisotopic (exact) mass is 482 g/mol. The van der Waals surface area contributed by atoms with Crippen molar-refractivity contribution in [3.63, 3.8) is 0 Å². The molecule has 2 aromatic heterocycles. The van der Waals surface area contributed by atoms with Crippen LogP contribution in [0.5, 0.6) is 0 Å². The van der Waals surface area contributed by atoms with Crippen molar-refractivity contribution in [3.05, 3.63) is 71.6 Å². The van der Waals surface area contributed by atoms with Crippen LogP contribution in [0, 0.1) is 5.82 Å². The molecule has 2 aromatic carbocycles. The summed E-state index contributed by atoms with van der Waals surface area (Å²) in [6.07, 6.45) is -3.43. The zero-order valence-electron chi connectivity index (χ0n) is 16.4. The van der Waals surface area contributed by atoms with E-state index in [1.807, 2.05) is 12.1 Å². The van der Waals surface area contributed by atoms with E-state index in [0.717, 1.165) is 5.69 Å². The fraction of sp³-hybridized carbons (Fsp3) is 0.0500. The molecule has 0 aliphatic rings. The maximum absolute atomic E-state index is 13.4. The quantitative estimate of drug-likeness (QED) is 0.232. The summed E-state index contributed by atoms with van der Waals surface area (Å²) >= 11 is 5.86. The summed E-state index contributed by atoms with van der Waals surface area (Å²) in [5.74, 6) is -1.95. The molecular weight excluding hydrogens is 468 g/mol. The number of hydrogen-bond donors (Lipinski definition) is 4. The summed E-state index contributed by atoms with van der Waals surface area (Å²) in [6.45, 7) is 0. The number of nitrogens with two attached hydrogens (primary N) is 1. The molecule has 0 amide bonds. The first-order chi connectivity index (χ1) is 15.5. The normalized spacial score (nSPS) is 10.9. The van der Waals surface area contributed by atoms with Crippen molar-refractivity contribution in [2.75, 3.05) is 16.4 Å². The van der Waals surface area contributed by atoms with Gasteiger partial charge in [0.15, 0.2) is 5.65 Å². The predicted molar refractivity (Wildman–Crippen MR) is 116 cm³/mol. The minimum atomic E-state index is -5.08. The largest absolute Gasteiger partial charge is 0.490 e. The van der Waals surface area contributed by atoms with Crippen LogP contribution in [0.15, 0.2) is 60.8 Å². The Morgan fingerprint density at radius 2 is 1.67 bits per heavy atom. The van der Waals surface area contributed by atoms with E-state index in [9.17, 15) is 17.6 Å². The highest BCUT2D eigenvalue weighted by Crippen LogP contribution is 2.26. The van der Waals surface area contributed by atoms with E-state index in [0.29, 0.717) is 28.7 Å². The molecule has 0 aliphatic carbocycles. The molecule has 33 heavy (non-hydrogen) atoms. The number of aromatic nitrogens is 3. The maximum atomic E-state index is 13.4. The Morgan fingerprint density at radius 1 is 1.03 bits per heavy atom. The van der Waals surface area contributed by atoms with E-state index in [2.05, 4.69) is 20.7 Å². The van der Waals surface area contributed by atoms with Crippen LogP contribution in [0.2, 0.25) is 5.02 Å². The van der Waals surface area contributed by atoms with Gasteiger partial charge in [-0.05, 0) is 42.5 Å². The number of halogens is 5. The van der Waals surface area contributed by atoms with Crippen LogP contribution in [-0.4, -0.2) is 31.9 Å². The van der Waals surface area contributed by atoms with Gasteiger partial charge in [-0.2, -0.15) is 22.8 Å². The third-order valence-corrected chi connectivity index (χ3v) is 4.27. The fourth-order valence-electron chi connectivity index (χ4n) is 2.50. The number of anilines is 5. The topological polar surface area (TPSA) is 118 Å². The van der Waals surface area contributed by atoms with Gasteiger partial charge in [0.2, 0.25) is 0 Å². The van der Waals surface area contributed by atoms with Crippen LogP contribution in [0.3, 0.4) is 0 Å². The molecule has 0 saturated heterocycles. The Hall–Kier alpha value is -4.06. The number of fused-ring (bicyclic) bond motifs is 1. The van der Waals surface area contributed by atoms with E-state index in [4.69, 9.17) is 27.2 Å². The number of nitrogens with one attached hydrogen (secondary N) is 2. The Kier molecular flexibility index (Phi) is 6.87. The molecule has 0 unspecified atom stereocenters. The highest BCUT2D eigenvalue weighted by Gasteiger charge is 2.38. The predicted octanol–water partition coefficient (Wildman–Crippen LogP) is 5.22. The standard InChI is InChI=1S/C18H14ClFN6.C2HF3O2/c19-14-9-13(5-6-15(14)20)24-18-10-16(25-17-7-8-22-26(17)18)23-12-3-1-11(21)2-4-12;3-2(4,5)1(6)7/h1-10,24H,21H2,(H,23,25);(H,6,7). The number of carbonyl (C=O) groups is 1. The van der Waals surface area contributed by atoms with Crippen molar-refractivity contribution in [2.45, 2.75) is 6.18 Å². The Bertz CT molecular complexity index is 1280. The van der Waals surface area contributed by atoms with E-state index < -0.39 is 18.0 Å². The van der Waals surface area contributed by atoms with Gasteiger partial charge in [-0.1, -0.05) is 11.6 Å². The summed E-state index contributed by atoms with van der Waals surface area (Å²) in [4.78, 5) is 13.4. The second-order valence-corrected chi connectivity index (χ2v) is 6.84. The minimum Gasteiger partial charge on any atom is -0.475 e. The molecule has 0 radical (unpaired) electrons. The third-order valence-electron chi connectivity index (χ3n) is 3.98. The van der Waals surface area contributed by atoms with E-state index in [1.165, 1.54) is 12.1 Å². The molecular formula is C20H15ClF4N6O2. The van der Waals surface area contributed by atoms with Gasteiger partial charge in [0.05, 0.1) is 11.2 Å². The van der Waals surface area contributed by atoms with Gasteiger partial charge in [-0.25, -0.2) is 14.2 Å². The van der Waals surface area contributed by atoms with Gasteiger partial charge in [0.25, 0.3) is 0 Å². The number of hydrogen-bond acceptors (Lipinski definition) is 6. The van der Waals surface area contributed by atoms with Crippen molar-refractivity contribution in [1.82, 2.24) is 14.6 Å². The summed E-state index contributed by atoms with van der Waals surface area (Å²) in [5, 5.41) is 17.8. The Morgan fingerprint density at radius 3 is 2.27 bits per heavy atom. The Labute approximate surface area is 188 Å². The number of carboxylic acid groups (broad SMARTS) is 1. The van der Waals surface area contributed by atoms with Gasteiger partial charge in [0.1, 0.15) is 17.5 Å². The molecule has 0 atom stereocenters. The summed E-state index contributed by atoms with van der Waals surface area (Å²) in [6, 6.07) is 15.3. The number of nitrogens with zero attached hydrogens (tertiary/aromatic N) is 3. The Balaban J connectivity index is 0.000000383. The van der Waals surface area contributed by atoms with Gasteiger partial charge in [0, 0.05) is 29.2 Å². The molecule has 0 fully saturated rings. The zero-order chi connectivity index (χ0) is 24.2. The average Bonchev–Trinajstić information content (AvgIpc) is 3.21. The molecule has 0 aliphatic heterocycles. The van der Waals surface area contributed by atoms with Crippen molar-refractivity contribution < 1.29 is 27.5 Å². The highest BCUT2D eigenvalue weighted by atomic mass is 35.5. The van der Waals surface area contributed by atoms with Gasteiger partial charge in [-0.3, -0.25) is 0 Å². The minimum absolute atomic E-state index is 0.0426. The number of benzene rings is 2. The molecule has 0 bridgehead atoms. The van der Waals surface area contributed by atoms with Crippen molar-refractivity contribution >= 4 is 51.9 Å². The lowest BCUT2D eigenvalue weighted by atomic mass is 10.3. The number of rotatable bonds is 4. The lowest BCUT2D eigenvalue weighted by molar-refractivity contribution is -0.192. The summed E-state index contributed by atoms with van der Waals surface area (Å²) in [7, 11) is 0. The van der Waals surface area contributed by atoms with Crippen LogP contribution in [0.25, 0.3) is 5.65 Å². The van der Waals surface area contributed by atoms with Crippen molar-refractivity contribution in [1.29, 1.82) is 0 Å². The van der Waals surface area contributed by atoms with Crippen LogP contribution >= 0.6 is 11.6 Å². The molecule has 0 spiro atoms. The highest BCUT2D eigenvalue weighted by molar-refractivity contribution is 6.31. The molecule has 4 aromatic rings. The zero-order valence-corrected chi connectivity index (χ0v) is 17.2. The van der Waals surface area contributed by atoms with Crippen molar-refractivity contribution in [3.8, 4) is 0 Å². The first-order valence-corrected chi connectivity index (χ1v) is 9.40. The first-order valence-electron chi connectivity index (χ1n) is 9.02. The smallest absolute Gasteiger partial charge is 0.475 e. The van der Waals surface area contributed by atoms with Crippen LogP contribution in [-0.2, 0) is 4.79 Å². The third kappa shape index (κ3) is 6.23. The van der Waals surface area contributed by atoms with Gasteiger partial charge in [-0.15, -0.1) is 0 Å². The summed E-state index contributed by atoms with van der Waals surface area (Å²) < 4.78 is 46.7. The SMILES string of the molecule is Nc1ccc(Nc2cc(Nc3ccc(F)c(Cl)c3)n3nccc3n2)cc1.O=C(O)C(F)(F)F. The molecule has 2 heterocycles. The number of carboxylic acids is 1. The molecule has 8 nitrogen and oxygen atoms in total. The van der Waals surface area contributed by atoms with Gasteiger partial charge < -0.3 is 21.5 Å². The number of nitrogen functional groups attached to an aromatic ring is 1. The van der Waals surface area contributed by atoms with Crippen LogP contribution in [0.1, 0.15) is 0 Å².